The molecular weight excluding hydrogens is 236 g/mol. The molecule has 19 heavy (non-hydrogen) atoms. The number of rotatable bonds is 4. The van der Waals surface area contributed by atoms with E-state index in [0.717, 1.165) is 24.4 Å². The van der Waals surface area contributed by atoms with Crippen LogP contribution in [0.2, 0.25) is 0 Å². The normalized spacial score (nSPS) is 21.6. The van der Waals surface area contributed by atoms with Crippen LogP contribution in [0.4, 0.5) is 0 Å². The maximum Gasteiger partial charge on any atom is 0.173 e. The lowest BCUT2D eigenvalue weighted by molar-refractivity contribution is 0.565. The molecule has 2 aromatic rings. The summed E-state index contributed by atoms with van der Waals surface area (Å²) in [6.07, 6.45) is 7.19. The molecule has 0 saturated heterocycles. The van der Waals surface area contributed by atoms with Crippen molar-refractivity contribution >= 4 is 12.1 Å². The van der Waals surface area contributed by atoms with Crippen LogP contribution in [-0.4, -0.2) is 27.6 Å². The van der Waals surface area contributed by atoms with Crippen molar-refractivity contribution in [2.75, 3.05) is 0 Å². The molecule has 4 nitrogen and oxygen atoms in total. The Morgan fingerprint density at radius 1 is 1.21 bits per heavy atom. The average Bonchev–Trinajstić information content (AvgIpc) is 3.09. The van der Waals surface area contributed by atoms with Gasteiger partial charge in [-0.25, -0.2) is 9.98 Å². The van der Waals surface area contributed by atoms with Gasteiger partial charge in [0, 0.05) is 12.6 Å². The number of amidine groups is 1. The van der Waals surface area contributed by atoms with Crippen molar-refractivity contribution in [2.24, 2.45) is 9.98 Å². The molecule has 4 heteroatoms. The number of aliphatic imine (C=N–C) groups is 2. The van der Waals surface area contributed by atoms with Crippen LogP contribution in [0.25, 0.3) is 0 Å². The Bertz CT molecular complexity index is 598. The Morgan fingerprint density at radius 3 is 2.74 bits per heavy atom. The maximum atomic E-state index is 4.80. The molecule has 0 saturated carbocycles. The van der Waals surface area contributed by atoms with E-state index in [2.05, 4.69) is 46.1 Å². The number of aromatic amines is 1. The SMILES string of the molecule is CCC1(Cc2ccccc2)C=NC(c2cnc[nH]2)=N1. The molecule has 1 aromatic heterocycles. The predicted molar refractivity (Wildman–Crippen MR) is 76.8 cm³/mol. The van der Waals surface area contributed by atoms with Crippen molar-refractivity contribution < 1.29 is 0 Å². The van der Waals surface area contributed by atoms with Gasteiger partial charge in [-0.15, -0.1) is 0 Å². The number of aromatic nitrogens is 2. The van der Waals surface area contributed by atoms with E-state index in [1.807, 2.05) is 12.3 Å². The zero-order valence-corrected chi connectivity index (χ0v) is 10.9. The highest BCUT2D eigenvalue weighted by atomic mass is 15.1. The molecular formula is C15H16N4. The van der Waals surface area contributed by atoms with E-state index in [0.29, 0.717) is 0 Å². The van der Waals surface area contributed by atoms with Crippen LogP contribution in [0.5, 0.6) is 0 Å². The topological polar surface area (TPSA) is 53.4 Å². The van der Waals surface area contributed by atoms with Crippen molar-refractivity contribution in [3.63, 3.8) is 0 Å². The molecule has 0 bridgehead atoms. The zero-order chi connectivity index (χ0) is 13.1. The molecule has 1 atom stereocenters. The van der Waals surface area contributed by atoms with Gasteiger partial charge in [0.15, 0.2) is 5.84 Å². The fourth-order valence-corrected chi connectivity index (χ4v) is 2.29. The second-order valence-electron chi connectivity index (χ2n) is 4.78. The van der Waals surface area contributed by atoms with E-state index >= 15 is 0 Å². The minimum absolute atomic E-state index is 0.220. The van der Waals surface area contributed by atoms with E-state index in [1.165, 1.54) is 5.56 Å². The Balaban J connectivity index is 1.88. The highest BCUT2D eigenvalue weighted by molar-refractivity contribution is 6.07. The number of nitrogens with one attached hydrogen (secondary N) is 1. The third-order valence-corrected chi connectivity index (χ3v) is 3.46. The lowest BCUT2D eigenvalue weighted by Crippen LogP contribution is -2.28. The highest BCUT2D eigenvalue weighted by Crippen LogP contribution is 2.25. The molecule has 1 aromatic carbocycles. The third kappa shape index (κ3) is 2.34. The van der Waals surface area contributed by atoms with Gasteiger partial charge >= 0.3 is 0 Å². The zero-order valence-electron chi connectivity index (χ0n) is 10.9. The van der Waals surface area contributed by atoms with Gasteiger partial charge in [0.25, 0.3) is 0 Å². The lowest BCUT2D eigenvalue weighted by Gasteiger charge is -2.20. The van der Waals surface area contributed by atoms with Crippen molar-refractivity contribution in [1.82, 2.24) is 9.97 Å². The fourth-order valence-electron chi connectivity index (χ4n) is 2.29. The summed E-state index contributed by atoms with van der Waals surface area (Å²) in [5, 5.41) is 0. The van der Waals surface area contributed by atoms with Crippen molar-refractivity contribution in [1.29, 1.82) is 0 Å². The van der Waals surface area contributed by atoms with Crippen LogP contribution in [-0.2, 0) is 6.42 Å². The van der Waals surface area contributed by atoms with Crippen LogP contribution in [0, 0.1) is 0 Å². The average molecular weight is 252 g/mol. The Morgan fingerprint density at radius 2 is 2.05 bits per heavy atom. The van der Waals surface area contributed by atoms with Gasteiger partial charge in [-0.2, -0.15) is 0 Å². The molecule has 2 heterocycles. The summed E-state index contributed by atoms with van der Waals surface area (Å²) >= 11 is 0. The fraction of sp³-hybridized carbons (Fsp3) is 0.267. The maximum absolute atomic E-state index is 4.80. The quantitative estimate of drug-likeness (QED) is 0.893. The standard InChI is InChI=1S/C15H16N4/c1-2-15(8-12-6-4-3-5-7-12)10-17-14(19-15)13-9-16-11-18-13/h3-7,9-11H,2,8H2,1H3,(H,16,18). The Hall–Kier alpha value is -2.23. The van der Waals surface area contributed by atoms with Crippen LogP contribution in [0.1, 0.15) is 24.6 Å². The number of hydrogen-bond donors (Lipinski definition) is 1. The summed E-state index contributed by atoms with van der Waals surface area (Å²) in [7, 11) is 0. The molecule has 0 radical (unpaired) electrons. The first-order chi connectivity index (χ1) is 9.31. The van der Waals surface area contributed by atoms with Crippen LogP contribution in [0.3, 0.4) is 0 Å². The van der Waals surface area contributed by atoms with Gasteiger partial charge in [0.1, 0.15) is 11.2 Å². The summed E-state index contributed by atoms with van der Waals surface area (Å²) in [6, 6.07) is 10.4. The smallest absolute Gasteiger partial charge is 0.173 e. The molecule has 1 unspecified atom stereocenters. The summed E-state index contributed by atoms with van der Waals surface area (Å²) < 4.78 is 0. The van der Waals surface area contributed by atoms with E-state index in [9.17, 15) is 0 Å². The molecule has 96 valence electrons. The van der Waals surface area contributed by atoms with Crippen LogP contribution in [0.15, 0.2) is 52.8 Å². The first-order valence-corrected chi connectivity index (χ1v) is 6.49. The van der Waals surface area contributed by atoms with Gasteiger partial charge < -0.3 is 4.98 Å². The van der Waals surface area contributed by atoms with Gasteiger partial charge in [-0.1, -0.05) is 37.3 Å². The minimum atomic E-state index is -0.220. The van der Waals surface area contributed by atoms with E-state index < -0.39 is 0 Å². The van der Waals surface area contributed by atoms with Crippen molar-refractivity contribution in [2.45, 2.75) is 25.3 Å². The Kier molecular flexibility index (Phi) is 2.99. The molecule has 1 N–H and O–H groups in total. The van der Waals surface area contributed by atoms with Gasteiger partial charge in [0.2, 0.25) is 0 Å². The largest absolute Gasteiger partial charge is 0.342 e. The van der Waals surface area contributed by atoms with Gasteiger partial charge in [0.05, 0.1) is 12.5 Å². The van der Waals surface area contributed by atoms with Crippen molar-refractivity contribution in [3.8, 4) is 0 Å². The minimum Gasteiger partial charge on any atom is -0.342 e. The number of H-pyrrole nitrogens is 1. The summed E-state index contributed by atoms with van der Waals surface area (Å²) in [5.41, 5.74) is 1.94. The number of benzene rings is 1. The molecule has 0 amide bonds. The summed E-state index contributed by atoms with van der Waals surface area (Å²) in [4.78, 5) is 16.3. The van der Waals surface area contributed by atoms with Gasteiger partial charge in [-0.3, -0.25) is 4.99 Å². The molecule has 3 rings (SSSR count). The third-order valence-electron chi connectivity index (χ3n) is 3.46. The number of imidazole rings is 1. The predicted octanol–water partition coefficient (Wildman–Crippen LogP) is 2.63. The molecule has 1 aliphatic rings. The lowest BCUT2D eigenvalue weighted by atomic mass is 9.90. The van der Waals surface area contributed by atoms with E-state index in [4.69, 9.17) is 4.99 Å². The molecule has 0 aliphatic carbocycles. The molecule has 1 aliphatic heterocycles. The number of hydrogen-bond acceptors (Lipinski definition) is 3. The highest BCUT2D eigenvalue weighted by Gasteiger charge is 2.31. The van der Waals surface area contributed by atoms with Crippen LogP contribution >= 0.6 is 0 Å². The second kappa shape index (κ2) is 4.80. The first kappa shape index (κ1) is 11.8. The Labute approximate surface area is 112 Å². The second-order valence-corrected chi connectivity index (χ2v) is 4.78. The number of nitrogens with zero attached hydrogens (tertiary/aromatic N) is 3. The van der Waals surface area contributed by atoms with Crippen LogP contribution < -0.4 is 0 Å². The first-order valence-electron chi connectivity index (χ1n) is 6.49. The van der Waals surface area contributed by atoms with Crippen molar-refractivity contribution in [3.05, 3.63) is 54.1 Å². The summed E-state index contributed by atoms with van der Waals surface area (Å²) in [6.45, 7) is 2.15. The monoisotopic (exact) mass is 252 g/mol. The molecule has 0 spiro atoms. The molecule has 0 fully saturated rings. The van der Waals surface area contributed by atoms with E-state index in [1.54, 1.807) is 12.5 Å². The van der Waals surface area contributed by atoms with Gasteiger partial charge in [-0.05, 0) is 12.0 Å². The van der Waals surface area contributed by atoms with E-state index in [-0.39, 0.29) is 5.54 Å². The summed E-state index contributed by atoms with van der Waals surface area (Å²) in [5.74, 6) is 0.746.